The second kappa shape index (κ2) is 3.83. The van der Waals surface area contributed by atoms with Gasteiger partial charge in [0.25, 0.3) is 0 Å². The number of nitrogens with zero attached hydrogens (tertiary/aromatic N) is 2. The number of nitriles is 1. The van der Waals surface area contributed by atoms with E-state index in [0.29, 0.717) is 22.6 Å². The fourth-order valence-corrected chi connectivity index (χ4v) is 2.25. The molecule has 1 aromatic rings. The van der Waals surface area contributed by atoms with Crippen LogP contribution in [0, 0.1) is 23.2 Å². The van der Waals surface area contributed by atoms with Crippen LogP contribution in [0.3, 0.4) is 0 Å². The third-order valence-corrected chi connectivity index (χ3v) is 3.58. The maximum Gasteiger partial charge on any atom is 0.147 e. The molecule has 0 spiro atoms. The van der Waals surface area contributed by atoms with Crippen molar-refractivity contribution in [3.8, 4) is 6.07 Å². The molecular formula is C12H13ClN2. The Hall–Kier alpha value is -1.07. The minimum absolute atomic E-state index is 0.345. The van der Waals surface area contributed by atoms with Crippen molar-refractivity contribution < 1.29 is 0 Å². The molecule has 1 heterocycles. The number of rotatable bonds is 0. The summed E-state index contributed by atoms with van der Waals surface area (Å²) in [5.74, 6) is 1.31. The smallest absolute Gasteiger partial charge is 0.147 e. The highest BCUT2D eigenvalue weighted by atomic mass is 35.5. The number of fused-ring (bicyclic) bond motifs is 1. The molecule has 0 saturated heterocycles. The van der Waals surface area contributed by atoms with E-state index in [1.165, 1.54) is 5.56 Å². The molecule has 78 valence electrons. The molecule has 2 rings (SSSR count). The first-order chi connectivity index (χ1) is 7.11. The fraction of sp³-hybridized carbons (Fsp3) is 0.500. The first-order valence-electron chi connectivity index (χ1n) is 5.20. The molecule has 0 amide bonds. The van der Waals surface area contributed by atoms with Crippen LogP contribution >= 0.6 is 11.6 Å². The van der Waals surface area contributed by atoms with Crippen LogP contribution in [0.4, 0.5) is 0 Å². The van der Waals surface area contributed by atoms with E-state index in [-0.39, 0.29) is 0 Å². The van der Waals surface area contributed by atoms with Crippen molar-refractivity contribution in [2.45, 2.75) is 26.7 Å². The minimum atomic E-state index is 0.345. The van der Waals surface area contributed by atoms with Crippen LogP contribution in [-0.2, 0) is 12.8 Å². The Morgan fingerprint density at radius 3 is 2.73 bits per heavy atom. The van der Waals surface area contributed by atoms with Gasteiger partial charge < -0.3 is 0 Å². The van der Waals surface area contributed by atoms with Gasteiger partial charge in [-0.1, -0.05) is 25.4 Å². The van der Waals surface area contributed by atoms with Crippen molar-refractivity contribution in [2.24, 2.45) is 11.8 Å². The van der Waals surface area contributed by atoms with Crippen LogP contribution in [0.2, 0.25) is 5.15 Å². The molecule has 2 nitrogen and oxygen atoms in total. The first kappa shape index (κ1) is 10.4. The van der Waals surface area contributed by atoms with Crippen LogP contribution in [-0.4, -0.2) is 4.98 Å². The Morgan fingerprint density at radius 2 is 2.07 bits per heavy atom. The number of pyridine rings is 1. The van der Waals surface area contributed by atoms with Crippen LogP contribution < -0.4 is 0 Å². The topological polar surface area (TPSA) is 36.7 Å². The van der Waals surface area contributed by atoms with Gasteiger partial charge >= 0.3 is 0 Å². The summed E-state index contributed by atoms with van der Waals surface area (Å²) < 4.78 is 0. The maximum absolute atomic E-state index is 8.86. The number of halogens is 1. The second-order valence-corrected chi connectivity index (χ2v) is 4.77. The molecule has 2 atom stereocenters. The first-order valence-corrected chi connectivity index (χ1v) is 5.58. The minimum Gasteiger partial charge on any atom is -0.239 e. The summed E-state index contributed by atoms with van der Waals surface area (Å²) in [6.07, 6.45) is 1.98. The number of aromatic nitrogens is 1. The van der Waals surface area contributed by atoms with Gasteiger partial charge in [0.1, 0.15) is 11.2 Å². The zero-order valence-electron chi connectivity index (χ0n) is 8.92. The Morgan fingerprint density at radius 1 is 1.40 bits per heavy atom. The summed E-state index contributed by atoms with van der Waals surface area (Å²) in [6.45, 7) is 4.48. The molecule has 1 aliphatic carbocycles. The van der Waals surface area contributed by atoms with Crippen molar-refractivity contribution in [1.82, 2.24) is 4.98 Å². The Balaban J connectivity index is 2.46. The van der Waals surface area contributed by atoms with Crippen molar-refractivity contribution >= 4 is 11.6 Å². The second-order valence-electron chi connectivity index (χ2n) is 4.41. The third kappa shape index (κ3) is 1.85. The highest BCUT2D eigenvalue weighted by molar-refractivity contribution is 6.30. The van der Waals surface area contributed by atoms with Gasteiger partial charge in [0.15, 0.2) is 0 Å². The summed E-state index contributed by atoms with van der Waals surface area (Å²) >= 11 is 5.91. The number of hydrogen-bond acceptors (Lipinski definition) is 2. The third-order valence-electron chi connectivity index (χ3n) is 3.29. The summed E-state index contributed by atoms with van der Waals surface area (Å²) in [4.78, 5) is 4.31. The van der Waals surface area contributed by atoms with Gasteiger partial charge in [-0.3, -0.25) is 0 Å². The van der Waals surface area contributed by atoms with E-state index in [1.807, 2.05) is 6.07 Å². The summed E-state index contributed by atoms with van der Waals surface area (Å²) in [5.41, 5.74) is 2.77. The van der Waals surface area contributed by atoms with Crippen molar-refractivity contribution in [2.75, 3.05) is 0 Å². The van der Waals surface area contributed by atoms with E-state index < -0.39 is 0 Å². The lowest BCUT2D eigenvalue weighted by Gasteiger charge is -2.27. The molecule has 3 heteroatoms. The van der Waals surface area contributed by atoms with Gasteiger partial charge in [0.05, 0.1) is 5.56 Å². The monoisotopic (exact) mass is 220 g/mol. The van der Waals surface area contributed by atoms with E-state index in [9.17, 15) is 0 Å². The van der Waals surface area contributed by atoms with Gasteiger partial charge in [-0.25, -0.2) is 4.98 Å². The zero-order valence-corrected chi connectivity index (χ0v) is 9.67. The van der Waals surface area contributed by atoms with Crippen LogP contribution in [0.1, 0.15) is 30.7 Å². The van der Waals surface area contributed by atoms with Gasteiger partial charge in [-0.2, -0.15) is 5.26 Å². The molecule has 15 heavy (non-hydrogen) atoms. The van der Waals surface area contributed by atoms with Gasteiger partial charge in [-0.05, 0) is 36.3 Å². The van der Waals surface area contributed by atoms with Gasteiger partial charge in [-0.15, -0.1) is 0 Å². The molecular weight excluding hydrogens is 208 g/mol. The average molecular weight is 221 g/mol. The molecule has 0 aromatic carbocycles. The van der Waals surface area contributed by atoms with Gasteiger partial charge in [0.2, 0.25) is 0 Å². The van der Waals surface area contributed by atoms with Gasteiger partial charge in [0, 0.05) is 5.69 Å². The zero-order chi connectivity index (χ0) is 11.0. The Kier molecular flexibility index (Phi) is 2.67. The van der Waals surface area contributed by atoms with Crippen LogP contribution in [0.25, 0.3) is 0 Å². The highest BCUT2D eigenvalue weighted by Gasteiger charge is 2.24. The molecule has 1 aliphatic rings. The quantitative estimate of drug-likeness (QED) is 0.631. The molecule has 0 bridgehead atoms. The van der Waals surface area contributed by atoms with Crippen LogP contribution in [0.5, 0.6) is 0 Å². The predicted octanol–water partition coefficient (Wildman–Crippen LogP) is 2.98. The molecule has 1 aromatic heterocycles. The number of hydrogen-bond donors (Lipinski definition) is 0. The summed E-state index contributed by atoms with van der Waals surface area (Å²) in [7, 11) is 0. The Labute approximate surface area is 94.9 Å². The lowest BCUT2D eigenvalue weighted by Crippen LogP contribution is -2.22. The van der Waals surface area contributed by atoms with E-state index in [4.69, 9.17) is 16.9 Å². The van der Waals surface area contributed by atoms with Crippen molar-refractivity contribution in [3.05, 3.63) is 28.0 Å². The fourth-order valence-electron chi connectivity index (χ4n) is 2.05. The lowest BCUT2D eigenvalue weighted by atomic mass is 9.80. The standard InChI is InChI=1S/C12H13ClN2/c1-7-3-9-5-10(6-14)12(13)15-11(9)4-8(7)2/h5,7-8H,3-4H2,1-2H3. The van der Waals surface area contributed by atoms with E-state index in [2.05, 4.69) is 24.9 Å². The van der Waals surface area contributed by atoms with Crippen LogP contribution in [0.15, 0.2) is 6.07 Å². The largest absolute Gasteiger partial charge is 0.239 e. The molecule has 0 radical (unpaired) electrons. The molecule has 0 saturated carbocycles. The molecule has 0 fully saturated rings. The van der Waals surface area contributed by atoms with E-state index >= 15 is 0 Å². The summed E-state index contributed by atoms with van der Waals surface area (Å²) in [6, 6.07) is 3.97. The molecule has 0 aliphatic heterocycles. The van der Waals surface area contributed by atoms with Crippen molar-refractivity contribution in [1.29, 1.82) is 5.26 Å². The summed E-state index contributed by atoms with van der Waals surface area (Å²) in [5, 5.41) is 9.21. The van der Waals surface area contributed by atoms with E-state index in [1.54, 1.807) is 0 Å². The maximum atomic E-state index is 8.86. The highest BCUT2D eigenvalue weighted by Crippen LogP contribution is 2.30. The molecule has 0 N–H and O–H groups in total. The van der Waals surface area contributed by atoms with E-state index in [0.717, 1.165) is 18.5 Å². The normalized spacial score (nSPS) is 24.4. The Bertz CT molecular complexity index is 434. The average Bonchev–Trinajstić information content (AvgIpc) is 2.20. The lowest BCUT2D eigenvalue weighted by molar-refractivity contribution is 0.356. The van der Waals surface area contributed by atoms with Crippen molar-refractivity contribution in [3.63, 3.8) is 0 Å². The predicted molar refractivity (Wildman–Crippen MR) is 59.7 cm³/mol. The molecule has 2 unspecified atom stereocenters. The SMILES string of the molecule is CC1Cc2cc(C#N)c(Cl)nc2CC1C.